The number of carbonyl (C=O) groups is 1. The maximum atomic E-state index is 13.0. The molecule has 0 spiro atoms. The van der Waals surface area contributed by atoms with Crippen LogP contribution in [0.1, 0.15) is 21.7 Å². The van der Waals surface area contributed by atoms with Crippen molar-refractivity contribution in [3.8, 4) is 0 Å². The zero-order valence-electron chi connectivity index (χ0n) is 13.8. The van der Waals surface area contributed by atoms with Gasteiger partial charge in [0.05, 0.1) is 0 Å². The molecule has 0 saturated carbocycles. The van der Waals surface area contributed by atoms with Crippen LogP contribution in [-0.2, 0) is 5.75 Å². The van der Waals surface area contributed by atoms with E-state index in [4.69, 9.17) is 16.0 Å². The van der Waals surface area contributed by atoms with E-state index in [1.807, 2.05) is 42.5 Å². The molecule has 4 heteroatoms. The first-order chi connectivity index (χ1) is 12.7. The summed E-state index contributed by atoms with van der Waals surface area (Å²) in [5.41, 5.74) is 2.22. The number of furan rings is 1. The average molecular weight is 379 g/mol. The van der Waals surface area contributed by atoms with E-state index in [9.17, 15) is 4.79 Å². The van der Waals surface area contributed by atoms with E-state index in [-0.39, 0.29) is 5.78 Å². The highest BCUT2D eigenvalue weighted by atomic mass is 35.5. The normalized spacial score (nSPS) is 11.0. The van der Waals surface area contributed by atoms with Crippen LogP contribution in [0.4, 0.5) is 0 Å². The Labute approximate surface area is 160 Å². The molecule has 0 bridgehead atoms. The highest BCUT2D eigenvalue weighted by molar-refractivity contribution is 7.98. The maximum Gasteiger partial charge on any atom is 0.228 e. The van der Waals surface area contributed by atoms with E-state index in [1.54, 1.807) is 36.0 Å². The smallest absolute Gasteiger partial charge is 0.228 e. The van der Waals surface area contributed by atoms with Crippen molar-refractivity contribution in [2.75, 3.05) is 0 Å². The number of halogens is 1. The number of benzene rings is 3. The van der Waals surface area contributed by atoms with Gasteiger partial charge in [-0.25, -0.2) is 0 Å². The Balaban J connectivity index is 1.73. The van der Waals surface area contributed by atoms with Gasteiger partial charge in [0.2, 0.25) is 5.78 Å². The lowest BCUT2D eigenvalue weighted by molar-refractivity contribution is 0.101. The molecule has 0 saturated heterocycles. The average Bonchev–Trinajstić information content (AvgIpc) is 3.06. The zero-order chi connectivity index (χ0) is 17.9. The second kappa shape index (κ2) is 7.40. The fraction of sp³-hybridized carbons (Fsp3) is 0.0455. The number of para-hydroxylation sites is 1. The topological polar surface area (TPSA) is 30.2 Å². The van der Waals surface area contributed by atoms with Crippen molar-refractivity contribution >= 4 is 40.1 Å². The molecule has 0 aliphatic rings. The lowest BCUT2D eigenvalue weighted by Gasteiger charge is -2.04. The summed E-state index contributed by atoms with van der Waals surface area (Å²) in [4.78, 5) is 14.2. The van der Waals surface area contributed by atoms with Gasteiger partial charge in [-0.15, -0.1) is 11.8 Å². The summed E-state index contributed by atoms with van der Waals surface area (Å²) < 4.78 is 5.94. The van der Waals surface area contributed by atoms with E-state index >= 15 is 0 Å². The summed E-state index contributed by atoms with van der Waals surface area (Å²) in [5, 5.41) is 1.58. The van der Waals surface area contributed by atoms with Gasteiger partial charge in [-0.3, -0.25) is 4.79 Å². The molecule has 0 fully saturated rings. The third kappa shape index (κ3) is 3.41. The number of fused-ring (bicyclic) bond motifs is 1. The van der Waals surface area contributed by atoms with Crippen LogP contribution in [0.5, 0.6) is 0 Å². The molecule has 0 unspecified atom stereocenters. The molecule has 1 aromatic heterocycles. The summed E-state index contributed by atoms with van der Waals surface area (Å²) >= 11 is 7.63. The van der Waals surface area contributed by atoms with Crippen LogP contribution in [-0.4, -0.2) is 5.78 Å². The number of ketones is 1. The minimum Gasteiger partial charge on any atom is -0.452 e. The number of hydrogen-bond acceptors (Lipinski definition) is 3. The van der Waals surface area contributed by atoms with Gasteiger partial charge in [0, 0.05) is 32.2 Å². The molecule has 0 N–H and O–H groups in total. The lowest BCUT2D eigenvalue weighted by Crippen LogP contribution is -2.02. The Hall–Kier alpha value is -2.49. The van der Waals surface area contributed by atoms with E-state index in [2.05, 4.69) is 12.1 Å². The van der Waals surface area contributed by atoms with Gasteiger partial charge < -0.3 is 4.42 Å². The summed E-state index contributed by atoms with van der Waals surface area (Å²) in [7, 11) is 0. The Bertz CT molecular complexity index is 1050. The highest BCUT2D eigenvalue weighted by Gasteiger charge is 2.21. The lowest BCUT2D eigenvalue weighted by atomic mass is 10.0. The molecular formula is C22H15ClO2S. The summed E-state index contributed by atoms with van der Waals surface area (Å²) in [6.45, 7) is 0. The van der Waals surface area contributed by atoms with Crippen LogP contribution in [0.15, 0.2) is 88.2 Å². The third-order valence-corrected chi connectivity index (χ3v) is 5.43. The van der Waals surface area contributed by atoms with Gasteiger partial charge in [-0.2, -0.15) is 0 Å². The maximum absolute atomic E-state index is 13.0. The van der Waals surface area contributed by atoms with Gasteiger partial charge in [0.15, 0.2) is 5.76 Å². The van der Waals surface area contributed by atoms with Crippen molar-refractivity contribution in [2.24, 2.45) is 0 Å². The van der Waals surface area contributed by atoms with Crippen molar-refractivity contribution < 1.29 is 9.21 Å². The largest absolute Gasteiger partial charge is 0.452 e. The van der Waals surface area contributed by atoms with E-state index < -0.39 is 0 Å². The van der Waals surface area contributed by atoms with E-state index in [0.29, 0.717) is 22.1 Å². The second-order valence-electron chi connectivity index (χ2n) is 5.84. The van der Waals surface area contributed by atoms with Gasteiger partial charge in [0.25, 0.3) is 0 Å². The number of thioether (sulfide) groups is 1. The molecule has 0 aliphatic heterocycles. The van der Waals surface area contributed by atoms with Crippen LogP contribution in [0.2, 0.25) is 5.02 Å². The minimum atomic E-state index is -0.124. The number of hydrogen-bond donors (Lipinski definition) is 0. The molecule has 128 valence electrons. The molecule has 0 amide bonds. The van der Waals surface area contributed by atoms with Crippen LogP contribution >= 0.6 is 23.4 Å². The fourth-order valence-corrected chi connectivity index (χ4v) is 3.90. The SMILES string of the molecule is O=C(c1ccc(Cl)cc1)c1oc2ccccc2c1CSc1ccccc1. The van der Waals surface area contributed by atoms with Crippen molar-refractivity contribution in [1.82, 2.24) is 0 Å². The minimum absolute atomic E-state index is 0.124. The van der Waals surface area contributed by atoms with Crippen molar-refractivity contribution in [3.63, 3.8) is 0 Å². The highest BCUT2D eigenvalue weighted by Crippen LogP contribution is 2.33. The second-order valence-corrected chi connectivity index (χ2v) is 7.33. The summed E-state index contributed by atoms with van der Waals surface area (Å²) in [6.07, 6.45) is 0. The predicted octanol–water partition coefficient (Wildman–Crippen LogP) is 6.61. The van der Waals surface area contributed by atoms with Gasteiger partial charge in [0.1, 0.15) is 5.58 Å². The molecule has 0 radical (unpaired) electrons. The monoisotopic (exact) mass is 378 g/mol. The number of rotatable bonds is 5. The first kappa shape index (κ1) is 17.0. The van der Waals surface area contributed by atoms with E-state index in [0.717, 1.165) is 21.4 Å². The molecule has 2 nitrogen and oxygen atoms in total. The van der Waals surface area contributed by atoms with Crippen LogP contribution in [0.25, 0.3) is 11.0 Å². The molecule has 0 atom stereocenters. The van der Waals surface area contributed by atoms with Crippen molar-refractivity contribution in [1.29, 1.82) is 0 Å². The van der Waals surface area contributed by atoms with Crippen molar-refractivity contribution in [2.45, 2.75) is 10.6 Å². The first-order valence-corrected chi connectivity index (χ1v) is 9.57. The van der Waals surface area contributed by atoms with Gasteiger partial charge >= 0.3 is 0 Å². The molecule has 1 heterocycles. The standard InChI is InChI=1S/C22H15ClO2S/c23-16-12-10-15(11-13-16)21(24)22-19(14-26-17-6-2-1-3-7-17)18-8-4-5-9-20(18)25-22/h1-13H,14H2. The van der Waals surface area contributed by atoms with Gasteiger partial charge in [-0.05, 0) is 42.5 Å². The van der Waals surface area contributed by atoms with E-state index in [1.165, 1.54) is 0 Å². The summed E-state index contributed by atoms with van der Waals surface area (Å²) in [5.74, 6) is 0.939. The molecule has 26 heavy (non-hydrogen) atoms. The molecule has 3 aromatic carbocycles. The molecule has 0 aliphatic carbocycles. The quantitative estimate of drug-likeness (QED) is 0.289. The van der Waals surface area contributed by atoms with Crippen LogP contribution in [0.3, 0.4) is 0 Å². The number of carbonyl (C=O) groups excluding carboxylic acids is 1. The van der Waals surface area contributed by atoms with Crippen molar-refractivity contribution in [3.05, 3.63) is 101 Å². The van der Waals surface area contributed by atoms with Crippen LogP contribution < -0.4 is 0 Å². The van der Waals surface area contributed by atoms with Crippen LogP contribution in [0, 0.1) is 0 Å². The molecule has 4 rings (SSSR count). The zero-order valence-corrected chi connectivity index (χ0v) is 15.4. The Morgan fingerprint density at radius 1 is 0.885 bits per heavy atom. The third-order valence-electron chi connectivity index (χ3n) is 4.14. The first-order valence-electron chi connectivity index (χ1n) is 8.21. The Kier molecular flexibility index (Phi) is 4.83. The fourth-order valence-electron chi connectivity index (χ4n) is 2.83. The predicted molar refractivity (Wildman–Crippen MR) is 107 cm³/mol. The molecular weight excluding hydrogens is 364 g/mol. The Morgan fingerprint density at radius 3 is 2.35 bits per heavy atom. The molecule has 4 aromatic rings. The van der Waals surface area contributed by atoms with Gasteiger partial charge in [-0.1, -0.05) is 48.0 Å². The summed E-state index contributed by atoms with van der Waals surface area (Å²) in [6, 6.07) is 24.8. The Morgan fingerprint density at radius 2 is 1.58 bits per heavy atom.